The molecule has 16 heavy (non-hydrogen) atoms. The lowest BCUT2D eigenvalue weighted by Gasteiger charge is -1.97. The molecule has 0 aliphatic carbocycles. The second kappa shape index (κ2) is 5.12. The van der Waals surface area contributed by atoms with Crippen LogP contribution in [0, 0.1) is 0 Å². The van der Waals surface area contributed by atoms with Gasteiger partial charge in [-0.25, -0.2) is 0 Å². The molecule has 1 heterocycles. The van der Waals surface area contributed by atoms with Gasteiger partial charge < -0.3 is 0 Å². The van der Waals surface area contributed by atoms with Crippen molar-refractivity contribution < 1.29 is 0 Å². The molecule has 2 rings (SSSR count). The van der Waals surface area contributed by atoms with Crippen LogP contribution in [0.5, 0.6) is 0 Å². The number of benzene rings is 1. The Labute approximate surface area is 94.5 Å². The monoisotopic (exact) mass is 211 g/mol. The highest BCUT2D eigenvalue weighted by molar-refractivity contribution is 5.27. The van der Waals surface area contributed by atoms with Crippen LogP contribution in [0.2, 0.25) is 0 Å². The number of allylic oxidation sites excluding steroid dienone is 1. The van der Waals surface area contributed by atoms with Gasteiger partial charge in [0, 0.05) is 18.5 Å². The van der Waals surface area contributed by atoms with Crippen LogP contribution in [0.25, 0.3) is 6.20 Å². The van der Waals surface area contributed by atoms with Gasteiger partial charge >= 0.3 is 0 Å². The zero-order chi connectivity index (χ0) is 11.2. The lowest BCUT2D eigenvalue weighted by atomic mass is 10.1. The van der Waals surface area contributed by atoms with Crippen molar-refractivity contribution in [1.82, 2.24) is 4.57 Å². The largest absolute Gasteiger partial charge is 0.291 e. The van der Waals surface area contributed by atoms with Crippen molar-refractivity contribution in [3.63, 3.8) is 0 Å². The Morgan fingerprint density at radius 2 is 1.75 bits per heavy atom. The highest BCUT2D eigenvalue weighted by Crippen LogP contribution is 2.00. The molecule has 0 amide bonds. The molecule has 0 spiro atoms. The third kappa shape index (κ3) is 2.70. The normalized spacial score (nSPS) is 10.8. The summed E-state index contributed by atoms with van der Waals surface area (Å²) < 4.78 is 1.57. The molecule has 0 saturated heterocycles. The van der Waals surface area contributed by atoms with Crippen molar-refractivity contribution in [1.29, 1.82) is 0 Å². The van der Waals surface area contributed by atoms with Crippen molar-refractivity contribution >= 4 is 6.20 Å². The first-order valence-electron chi connectivity index (χ1n) is 5.24. The Morgan fingerprint density at radius 3 is 2.50 bits per heavy atom. The zero-order valence-corrected chi connectivity index (χ0v) is 8.91. The molecular weight excluding hydrogens is 198 g/mol. The van der Waals surface area contributed by atoms with Crippen LogP contribution >= 0.6 is 0 Å². The minimum atomic E-state index is -0.00758. The van der Waals surface area contributed by atoms with Crippen molar-refractivity contribution in [2.75, 3.05) is 0 Å². The molecule has 80 valence electrons. The number of aromatic nitrogens is 1. The number of rotatable bonds is 3. The fourth-order valence-electron chi connectivity index (χ4n) is 1.48. The Balaban J connectivity index is 2.06. The minimum Gasteiger partial charge on any atom is -0.291 e. The van der Waals surface area contributed by atoms with E-state index in [0.717, 1.165) is 6.42 Å². The predicted molar refractivity (Wildman–Crippen MR) is 66.2 cm³/mol. The van der Waals surface area contributed by atoms with Crippen molar-refractivity contribution in [3.05, 3.63) is 76.7 Å². The van der Waals surface area contributed by atoms with E-state index in [2.05, 4.69) is 12.1 Å². The Morgan fingerprint density at radius 1 is 1.00 bits per heavy atom. The predicted octanol–water partition coefficient (Wildman–Crippen LogP) is 2.56. The van der Waals surface area contributed by atoms with Crippen LogP contribution < -0.4 is 5.56 Å². The first-order valence-corrected chi connectivity index (χ1v) is 5.24. The van der Waals surface area contributed by atoms with Gasteiger partial charge in [0.25, 0.3) is 5.56 Å². The average Bonchev–Trinajstić information content (AvgIpc) is 2.33. The van der Waals surface area contributed by atoms with Crippen LogP contribution in [-0.4, -0.2) is 4.57 Å². The Hall–Kier alpha value is -2.09. The van der Waals surface area contributed by atoms with Gasteiger partial charge in [-0.15, -0.1) is 0 Å². The number of hydrogen-bond donors (Lipinski definition) is 0. The summed E-state index contributed by atoms with van der Waals surface area (Å²) in [6, 6.07) is 15.3. The van der Waals surface area contributed by atoms with E-state index in [0.29, 0.717) is 0 Å². The number of pyridine rings is 1. The summed E-state index contributed by atoms with van der Waals surface area (Å²) >= 11 is 0. The molecule has 0 N–H and O–H groups in total. The molecule has 0 atom stereocenters. The second-order valence-corrected chi connectivity index (χ2v) is 3.52. The van der Waals surface area contributed by atoms with Gasteiger partial charge in [0.15, 0.2) is 0 Å². The van der Waals surface area contributed by atoms with Gasteiger partial charge in [-0.3, -0.25) is 9.36 Å². The topological polar surface area (TPSA) is 22.0 Å². The lowest BCUT2D eigenvalue weighted by molar-refractivity contribution is 1.05. The SMILES string of the molecule is O=c1ccccn1/C=C/Cc1ccccc1. The molecule has 0 aliphatic heterocycles. The van der Waals surface area contributed by atoms with E-state index in [9.17, 15) is 4.79 Å². The second-order valence-electron chi connectivity index (χ2n) is 3.52. The lowest BCUT2D eigenvalue weighted by Crippen LogP contribution is -2.11. The van der Waals surface area contributed by atoms with Crippen LogP contribution in [0.3, 0.4) is 0 Å². The fourth-order valence-corrected chi connectivity index (χ4v) is 1.48. The maximum atomic E-state index is 11.4. The molecule has 0 radical (unpaired) electrons. The van der Waals surface area contributed by atoms with E-state index >= 15 is 0 Å². The van der Waals surface area contributed by atoms with Crippen LogP contribution in [-0.2, 0) is 6.42 Å². The Bertz CT molecular complexity index is 526. The maximum absolute atomic E-state index is 11.4. The molecule has 2 nitrogen and oxygen atoms in total. The van der Waals surface area contributed by atoms with E-state index < -0.39 is 0 Å². The third-order valence-corrected chi connectivity index (χ3v) is 2.31. The summed E-state index contributed by atoms with van der Waals surface area (Å²) in [5.74, 6) is 0. The van der Waals surface area contributed by atoms with Gasteiger partial charge in [0.1, 0.15) is 0 Å². The van der Waals surface area contributed by atoms with Gasteiger partial charge in [-0.2, -0.15) is 0 Å². The zero-order valence-electron chi connectivity index (χ0n) is 8.91. The maximum Gasteiger partial charge on any atom is 0.254 e. The standard InChI is InChI=1S/C14H13NO/c16-14-10-4-5-11-15(14)12-6-9-13-7-2-1-3-8-13/h1-8,10-12H,9H2/b12-6+. The number of hydrogen-bond acceptors (Lipinski definition) is 1. The average molecular weight is 211 g/mol. The fraction of sp³-hybridized carbons (Fsp3) is 0.0714. The molecule has 2 heteroatoms. The summed E-state index contributed by atoms with van der Waals surface area (Å²) in [5.41, 5.74) is 1.23. The third-order valence-electron chi connectivity index (χ3n) is 2.31. The molecule has 1 aromatic heterocycles. The molecule has 0 bridgehead atoms. The summed E-state index contributed by atoms with van der Waals surface area (Å²) in [6.07, 6.45) is 6.37. The van der Waals surface area contributed by atoms with Crippen LogP contribution in [0.1, 0.15) is 5.56 Å². The van der Waals surface area contributed by atoms with E-state index in [-0.39, 0.29) is 5.56 Å². The first-order chi connectivity index (χ1) is 7.86. The van der Waals surface area contributed by atoms with Gasteiger partial charge in [0.05, 0.1) is 0 Å². The molecule has 0 fully saturated rings. The van der Waals surface area contributed by atoms with Gasteiger partial charge in [-0.1, -0.05) is 42.5 Å². The molecule has 0 aliphatic rings. The van der Waals surface area contributed by atoms with E-state index in [1.165, 1.54) is 5.56 Å². The van der Waals surface area contributed by atoms with Crippen molar-refractivity contribution in [3.8, 4) is 0 Å². The first kappa shape index (κ1) is 10.4. The molecule has 0 saturated carbocycles. The number of nitrogens with zero attached hydrogens (tertiary/aromatic N) is 1. The highest BCUT2D eigenvalue weighted by Gasteiger charge is 1.88. The molecule has 1 aromatic carbocycles. The Kier molecular flexibility index (Phi) is 3.34. The van der Waals surface area contributed by atoms with Crippen molar-refractivity contribution in [2.45, 2.75) is 6.42 Å². The quantitative estimate of drug-likeness (QED) is 0.764. The van der Waals surface area contributed by atoms with E-state index in [1.807, 2.05) is 30.3 Å². The minimum absolute atomic E-state index is 0.00758. The van der Waals surface area contributed by atoms with Crippen LogP contribution in [0.4, 0.5) is 0 Å². The summed E-state index contributed by atoms with van der Waals surface area (Å²) in [6.45, 7) is 0. The summed E-state index contributed by atoms with van der Waals surface area (Å²) in [7, 11) is 0. The molecule has 0 unspecified atom stereocenters. The van der Waals surface area contributed by atoms with E-state index in [4.69, 9.17) is 0 Å². The van der Waals surface area contributed by atoms with Crippen LogP contribution in [0.15, 0.2) is 65.6 Å². The molecule has 2 aromatic rings. The summed E-state index contributed by atoms with van der Waals surface area (Å²) in [5, 5.41) is 0. The van der Waals surface area contributed by atoms with E-state index in [1.54, 1.807) is 29.1 Å². The van der Waals surface area contributed by atoms with Crippen molar-refractivity contribution in [2.24, 2.45) is 0 Å². The van der Waals surface area contributed by atoms with Gasteiger partial charge in [0.2, 0.25) is 0 Å². The van der Waals surface area contributed by atoms with Gasteiger partial charge in [-0.05, 0) is 18.1 Å². The summed E-state index contributed by atoms with van der Waals surface area (Å²) in [4.78, 5) is 11.4. The highest BCUT2D eigenvalue weighted by atomic mass is 16.1. The smallest absolute Gasteiger partial charge is 0.254 e. The molecular formula is C14H13NO.